The van der Waals surface area contributed by atoms with Gasteiger partial charge in [0.15, 0.2) is 11.3 Å². The highest BCUT2D eigenvalue weighted by Gasteiger charge is 2.43. The molecule has 2 aliphatic rings. The van der Waals surface area contributed by atoms with Crippen molar-refractivity contribution in [1.29, 1.82) is 0 Å². The predicted octanol–water partition coefficient (Wildman–Crippen LogP) is 3.45. The van der Waals surface area contributed by atoms with Gasteiger partial charge in [0.05, 0.1) is 6.10 Å². The van der Waals surface area contributed by atoms with Crippen molar-refractivity contribution in [1.82, 2.24) is 19.7 Å². The number of rotatable bonds is 6. The number of unbranched alkanes of at least 4 members (excludes halogenated alkanes) is 1. The van der Waals surface area contributed by atoms with Gasteiger partial charge in [0.1, 0.15) is 6.33 Å². The lowest BCUT2D eigenvalue weighted by Crippen LogP contribution is -2.44. The maximum Gasteiger partial charge on any atom is 0.274 e. The third-order valence-corrected chi connectivity index (χ3v) is 6.19. The first-order valence-corrected chi connectivity index (χ1v) is 10.3. The van der Waals surface area contributed by atoms with Crippen molar-refractivity contribution in [2.24, 2.45) is 11.8 Å². The smallest absolute Gasteiger partial charge is 0.274 e. The molecule has 0 aliphatic heterocycles. The molecular weight excluding hydrogens is 340 g/mol. The number of carbonyl (C=O) groups excluding carboxylic acids is 1. The molecule has 6 heteroatoms. The quantitative estimate of drug-likeness (QED) is 0.791. The highest BCUT2D eigenvalue weighted by Crippen LogP contribution is 2.44. The molecule has 0 aromatic carbocycles. The Hall–Kier alpha value is -1.95. The minimum absolute atomic E-state index is 0.107. The first-order valence-electron chi connectivity index (χ1n) is 10.3. The molecule has 1 N–H and O–H groups in total. The van der Waals surface area contributed by atoms with Gasteiger partial charge in [-0.2, -0.15) is 0 Å². The second kappa shape index (κ2) is 7.58. The summed E-state index contributed by atoms with van der Waals surface area (Å²) in [5, 5.41) is 3.23. The van der Waals surface area contributed by atoms with Crippen LogP contribution in [0.4, 0.5) is 0 Å². The van der Waals surface area contributed by atoms with Crippen LogP contribution < -0.4 is 5.32 Å². The molecule has 0 spiro atoms. The molecule has 4 rings (SSSR count). The third-order valence-electron chi connectivity index (χ3n) is 6.19. The minimum atomic E-state index is -0.107. The van der Waals surface area contributed by atoms with Gasteiger partial charge in [0, 0.05) is 24.0 Å². The Morgan fingerprint density at radius 2 is 2.04 bits per heavy atom. The number of aromatic nitrogens is 3. The molecule has 2 saturated carbocycles. The van der Waals surface area contributed by atoms with Crippen LogP contribution in [-0.2, 0) is 4.74 Å². The van der Waals surface area contributed by atoms with Crippen LogP contribution >= 0.6 is 0 Å². The Labute approximate surface area is 160 Å². The van der Waals surface area contributed by atoms with Gasteiger partial charge >= 0.3 is 0 Å². The van der Waals surface area contributed by atoms with Crippen molar-refractivity contribution in [3.63, 3.8) is 0 Å². The fraction of sp³-hybridized carbons (Fsp3) is 0.667. The largest absolute Gasteiger partial charge is 0.378 e. The van der Waals surface area contributed by atoms with E-state index in [0.717, 1.165) is 37.3 Å². The van der Waals surface area contributed by atoms with E-state index in [0.29, 0.717) is 29.3 Å². The highest BCUT2D eigenvalue weighted by molar-refractivity contribution is 5.98. The fourth-order valence-corrected chi connectivity index (χ4v) is 4.92. The van der Waals surface area contributed by atoms with Crippen LogP contribution in [0.2, 0.25) is 0 Å². The van der Waals surface area contributed by atoms with E-state index in [1.165, 1.54) is 19.3 Å². The molecule has 1 amide bonds. The van der Waals surface area contributed by atoms with Crippen molar-refractivity contribution in [2.75, 3.05) is 6.61 Å². The summed E-state index contributed by atoms with van der Waals surface area (Å²) in [4.78, 5) is 21.7. The summed E-state index contributed by atoms with van der Waals surface area (Å²) in [6.45, 7) is 7.01. The van der Waals surface area contributed by atoms with Crippen LogP contribution in [0.15, 0.2) is 12.4 Å². The van der Waals surface area contributed by atoms with E-state index in [4.69, 9.17) is 4.74 Å². The van der Waals surface area contributed by atoms with Gasteiger partial charge in [0.25, 0.3) is 5.91 Å². The Kier molecular flexibility index (Phi) is 5.17. The van der Waals surface area contributed by atoms with E-state index in [1.807, 2.05) is 24.3 Å². The number of hydrogen-bond donors (Lipinski definition) is 1. The zero-order valence-corrected chi connectivity index (χ0v) is 16.6. The summed E-state index contributed by atoms with van der Waals surface area (Å²) >= 11 is 0. The van der Waals surface area contributed by atoms with Crippen molar-refractivity contribution in [2.45, 2.75) is 71.4 Å². The van der Waals surface area contributed by atoms with Gasteiger partial charge in [-0.25, -0.2) is 9.97 Å². The van der Waals surface area contributed by atoms with E-state index in [2.05, 4.69) is 22.2 Å². The van der Waals surface area contributed by atoms with Gasteiger partial charge < -0.3 is 10.1 Å². The summed E-state index contributed by atoms with van der Waals surface area (Å²) in [7, 11) is 0. The number of nitrogens with zero attached hydrogens (tertiary/aromatic N) is 3. The fourth-order valence-electron chi connectivity index (χ4n) is 4.92. The van der Waals surface area contributed by atoms with E-state index in [-0.39, 0.29) is 11.9 Å². The minimum Gasteiger partial charge on any atom is -0.378 e. The van der Waals surface area contributed by atoms with Crippen LogP contribution in [-0.4, -0.2) is 39.0 Å². The molecule has 0 saturated heterocycles. The first kappa shape index (κ1) is 18.4. The maximum absolute atomic E-state index is 12.9. The number of imidazole rings is 1. The standard InChI is InChI=1S/C21H30N4O2/c1-4-5-8-27-19-15-6-7-16(19)11-17(10-15)24-21(26)18-20-23-13(2)9-14(3)25(20)12-22-18/h9,12,15-17,19H,4-8,10-11H2,1-3H3,(H,24,26)/t15-,16+,17-,19+. The van der Waals surface area contributed by atoms with E-state index in [9.17, 15) is 4.79 Å². The van der Waals surface area contributed by atoms with Gasteiger partial charge in [-0.05, 0) is 63.9 Å². The Morgan fingerprint density at radius 1 is 1.30 bits per heavy atom. The molecule has 2 bridgehead atoms. The lowest BCUT2D eigenvalue weighted by atomic mass is 9.82. The second-order valence-corrected chi connectivity index (χ2v) is 8.25. The zero-order valence-electron chi connectivity index (χ0n) is 16.6. The molecule has 6 nitrogen and oxygen atoms in total. The monoisotopic (exact) mass is 370 g/mol. The molecule has 27 heavy (non-hydrogen) atoms. The molecule has 2 aliphatic carbocycles. The Bertz CT molecular complexity index is 817. The number of amides is 1. The zero-order chi connectivity index (χ0) is 19.0. The van der Waals surface area contributed by atoms with Crippen molar-refractivity contribution < 1.29 is 9.53 Å². The molecule has 146 valence electrons. The van der Waals surface area contributed by atoms with Crippen LogP contribution in [0.5, 0.6) is 0 Å². The molecule has 0 radical (unpaired) electrons. The number of ether oxygens (including phenoxy) is 1. The van der Waals surface area contributed by atoms with Crippen molar-refractivity contribution in [3.8, 4) is 0 Å². The lowest BCUT2D eigenvalue weighted by molar-refractivity contribution is -0.0263. The molecule has 2 heterocycles. The molecule has 2 aromatic heterocycles. The Balaban J connectivity index is 1.43. The highest BCUT2D eigenvalue weighted by atomic mass is 16.5. The van der Waals surface area contributed by atoms with E-state index in [1.54, 1.807) is 6.33 Å². The number of carbonyl (C=O) groups is 1. The van der Waals surface area contributed by atoms with Crippen LogP contribution in [0.3, 0.4) is 0 Å². The topological polar surface area (TPSA) is 68.5 Å². The number of hydrogen-bond acceptors (Lipinski definition) is 4. The second-order valence-electron chi connectivity index (χ2n) is 8.25. The molecule has 2 fully saturated rings. The molecule has 2 aromatic rings. The predicted molar refractivity (Wildman–Crippen MR) is 104 cm³/mol. The number of fused-ring (bicyclic) bond motifs is 3. The van der Waals surface area contributed by atoms with Gasteiger partial charge in [-0.1, -0.05) is 13.3 Å². The van der Waals surface area contributed by atoms with Crippen LogP contribution in [0.1, 0.15) is 67.3 Å². The average Bonchev–Trinajstić information content (AvgIpc) is 3.14. The molecule has 4 atom stereocenters. The number of aryl methyl sites for hydroxylation is 2. The lowest BCUT2D eigenvalue weighted by Gasteiger charge is -2.35. The third kappa shape index (κ3) is 3.59. The normalized spacial score (nSPS) is 27.2. The summed E-state index contributed by atoms with van der Waals surface area (Å²) < 4.78 is 8.06. The maximum atomic E-state index is 12.9. The Morgan fingerprint density at radius 3 is 2.74 bits per heavy atom. The summed E-state index contributed by atoms with van der Waals surface area (Å²) in [6.07, 6.45) is 8.86. The van der Waals surface area contributed by atoms with E-state index >= 15 is 0 Å². The van der Waals surface area contributed by atoms with Gasteiger partial charge in [-0.15, -0.1) is 0 Å². The van der Waals surface area contributed by atoms with E-state index < -0.39 is 0 Å². The summed E-state index contributed by atoms with van der Waals surface area (Å²) in [5.74, 6) is 1.05. The first-order chi connectivity index (χ1) is 13.1. The van der Waals surface area contributed by atoms with Gasteiger partial charge in [0.2, 0.25) is 0 Å². The van der Waals surface area contributed by atoms with Crippen LogP contribution in [0.25, 0.3) is 5.65 Å². The number of nitrogens with one attached hydrogen (secondary N) is 1. The van der Waals surface area contributed by atoms with Crippen molar-refractivity contribution >= 4 is 11.6 Å². The van der Waals surface area contributed by atoms with Crippen LogP contribution in [0, 0.1) is 25.7 Å². The molecular formula is C21H30N4O2. The molecule has 0 unspecified atom stereocenters. The average molecular weight is 370 g/mol. The summed E-state index contributed by atoms with van der Waals surface area (Å²) in [6, 6.07) is 2.21. The van der Waals surface area contributed by atoms with Gasteiger partial charge in [-0.3, -0.25) is 9.20 Å². The van der Waals surface area contributed by atoms with Crippen molar-refractivity contribution in [3.05, 3.63) is 29.5 Å². The summed E-state index contributed by atoms with van der Waals surface area (Å²) in [5.41, 5.74) is 3.00. The SMILES string of the molecule is CCCCO[C@H]1[C@@H]2CC[C@H]1C[C@H](NC(=O)c1ncn3c(C)cc(C)nc13)C2.